The summed E-state index contributed by atoms with van der Waals surface area (Å²) in [7, 11) is 1.73. The molecule has 1 aliphatic carbocycles. The number of carbonyl (C=O) groups excluding carboxylic acids is 2. The average Bonchev–Trinajstić information content (AvgIpc) is 2.93. The van der Waals surface area contributed by atoms with E-state index in [1.54, 1.807) is 25.6 Å². The van der Waals surface area contributed by atoms with Crippen LogP contribution in [-0.2, 0) is 9.59 Å². The molecule has 1 saturated carbocycles. The molecule has 154 valence electrons. The highest BCUT2D eigenvalue weighted by Crippen LogP contribution is 2.35. The van der Waals surface area contributed by atoms with Gasteiger partial charge in [0, 0.05) is 32.1 Å². The van der Waals surface area contributed by atoms with E-state index in [9.17, 15) is 9.59 Å². The maximum absolute atomic E-state index is 11.8. The van der Waals surface area contributed by atoms with Crippen LogP contribution in [0.25, 0.3) is 0 Å². The summed E-state index contributed by atoms with van der Waals surface area (Å²) in [5.74, 6) is 1.98. The fourth-order valence-electron chi connectivity index (χ4n) is 4.26. The number of hydrogen-bond donors (Lipinski definition) is 1. The minimum Gasteiger partial charge on any atom is -0.360 e. The Bertz CT molecular complexity index is 680. The summed E-state index contributed by atoms with van der Waals surface area (Å²) in [5, 5.41) is 2.79. The van der Waals surface area contributed by atoms with Gasteiger partial charge in [-0.2, -0.15) is 0 Å². The van der Waals surface area contributed by atoms with Gasteiger partial charge in [-0.15, -0.1) is 0 Å². The molecule has 0 saturated heterocycles. The topological polar surface area (TPSA) is 61.8 Å². The molecule has 28 heavy (non-hydrogen) atoms. The number of amides is 1. The van der Waals surface area contributed by atoms with E-state index in [0.29, 0.717) is 11.6 Å². The quantitative estimate of drug-likeness (QED) is 0.256. The SMILES string of the molecule is C/C=C\C(=C\C(C)=O)N=C(C)N1CCC=C(C2CCC(C(=O)NC)CC2)CC1. The highest BCUT2D eigenvalue weighted by molar-refractivity contribution is 5.89. The van der Waals surface area contributed by atoms with Crippen LogP contribution in [0.1, 0.15) is 59.3 Å². The second kappa shape index (κ2) is 11.0. The van der Waals surface area contributed by atoms with Gasteiger partial charge in [0.05, 0.1) is 5.70 Å². The van der Waals surface area contributed by atoms with Crippen molar-refractivity contribution in [2.75, 3.05) is 20.1 Å². The van der Waals surface area contributed by atoms with Crippen LogP contribution in [0.4, 0.5) is 0 Å². The van der Waals surface area contributed by atoms with E-state index in [1.807, 2.05) is 26.0 Å². The maximum atomic E-state index is 11.8. The Morgan fingerprint density at radius 2 is 1.89 bits per heavy atom. The predicted molar refractivity (Wildman–Crippen MR) is 115 cm³/mol. The summed E-state index contributed by atoms with van der Waals surface area (Å²) in [6.07, 6.45) is 14.1. The zero-order valence-electron chi connectivity index (χ0n) is 17.8. The lowest BCUT2D eigenvalue weighted by atomic mass is 9.77. The van der Waals surface area contributed by atoms with Gasteiger partial charge in [0.2, 0.25) is 5.91 Å². The van der Waals surface area contributed by atoms with Gasteiger partial charge in [-0.1, -0.05) is 17.7 Å². The minimum atomic E-state index is 0.0110. The number of nitrogens with zero attached hydrogens (tertiary/aromatic N) is 2. The van der Waals surface area contributed by atoms with E-state index >= 15 is 0 Å². The number of ketones is 1. The van der Waals surface area contributed by atoms with Crippen molar-refractivity contribution in [1.29, 1.82) is 0 Å². The largest absolute Gasteiger partial charge is 0.360 e. The maximum Gasteiger partial charge on any atom is 0.222 e. The molecule has 0 aromatic rings. The molecule has 0 aromatic carbocycles. The van der Waals surface area contributed by atoms with E-state index in [2.05, 4.69) is 21.3 Å². The molecule has 1 amide bonds. The number of carbonyl (C=O) groups is 2. The van der Waals surface area contributed by atoms with Gasteiger partial charge in [-0.25, -0.2) is 4.99 Å². The van der Waals surface area contributed by atoms with Gasteiger partial charge < -0.3 is 10.2 Å². The molecular formula is C23H35N3O2. The van der Waals surface area contributed by atoms with E-state index in [-0.39, 0.29) is 17.6 Å². The first-order valence-corrected chi connectivity index (χ1v) is 10.5. The summed E-state index contributed by atoms with van der Waals surface area (Å²) in [5.41, 5.74) is 2.26. The van der Waals surface area contributed by atoms with Crippen LogP contribution in [0.15, 0.2) is 40.6 Å². The van der Waals surface area contributed by atoms with E-state index in [4.69, 9.17) is 0 Å². The second-order valence-corrected chi connectivity index (χ2v) is 7.81. The molecule has 1 fully saturated rings. The van der Waals surface area contributed by atoms with Gasteiger partial charge in [0.25, 0.3) is 0 Å². The minimum absolute atomic E-state index is 0.0110. The number of amidine groups is 1. The van der Waals surface area contributed by atoms with Crippen LogP contribution in [0.5, 0.6) is 0 Å². The van der Waals surface area contributed by atoms with Gasteiger partial charge in [-0.05, 0) is 71.3 Å². The summed E-state index contributed by atoms with van der Waals surface area (Å²) in [4.78, 5) is 30.3. The Morgan fingerprint density at radius 1 is 1.18 bits per heavy atom. The van der Waals surface area contributed by atoms with Gasteiger partial charge in [-0.3, -0.25) is 9.59 Å². The molecule has 1 N–H and O–H groups in total. The Morgan fingerprint density at radius 3 is 2.50 bits per heavy atom. The number of nitrogens with one attached hydrogen (secondary N) is 1. The normalized spacial score (nSPS) is 24.7. The first-order valence-electron chi connectivity index (χ1n) is 10.5. The summed E-state index contributed by atoms with van der Waals surface area (Å²) < 4.78 is 0. The van der Waals surface area contributed by atoms with Crippen LogP contribution in [0.2, 0.25) is 0 Å². The van der Waals surface area contributed by atoms with Crippen molar-refractivity contribution in [1.82, 2.24) is 10.2 Å². The third-order valence-electron chi connectivity index (χ3n) is 5.78. The molecular weight excluding hydrogens is 350 g/mol. The molecule has 0 bridgehead atoms. The van der Waals surface area contributed by atoms with Crippen molar-refractivity contribution < 1.29 is 9.59 Å². The third-order valence-corrected chi connectivity index (χ3v) is 5.78. The Hall–Kier alpha value is -2.17. The van der Waals surface area contributed by atoms with Crippen molar-refractivity contribution in [2.45, 2.75) is 59.3 Å². The molecule has 0 spiro atoms. The van der Waals surface area contributed by atoms with Gasteiger partial charge >= 0.3 is 0 Å². The molecule has 0 unspecified atom stereocenters. The monoisotopic (exact) mass is 385 g/mol. The molecule has 0 atom stereocenters. The Balaban J connectivity index is 1.95. The smallest absolute Gasteiger partial charge is 0.222 e. The fraction of sp³-hybridized carbons (Fsp3) is 0.609. The van der Waals surface area contributed by atoms with E-state index in [1.165, 1.54) is 0 Å². The molecule has 5 heteroatoms. The zero-order chi connectivity index (χ0) is 20.5. The number of allylic oxidation sites excluding steroid dienone is 3. The van der Waals surface area contributed by atoms with Crippen molar-refractivity contribution in [3.63, 3.8) is 0 Å². The fourth-order valence-corrected chi connectivity index (χ4v) is 4.26. The van der Waals surface area contributed by atoms with Gasteiger partial charge in [0.15, 0.2) is 5.78 Å². The summed E-state index contributed by atoms with van der Waals surface area (Å²) in [6.45, 7) is 7.42. The highest BCUT2D eigenvalue weighted by atomic mass is 16.1. The van der Waals surface area contributed by atoms with E-state index < -0.39 is 0 Å². The third kappa shape index (κ3) is 6.47. The average molecular weight is 386 g/mol. The standard InChI is InChI=1S/C23H35N3O2/c1-5-7-22(16-17(2)27)25-18(3)26-14-6-8-19(13-15-26)20-9-11-21(12-10-20)23(28)24-4/h5,7-8,16,20-21H,6,9-15H2,1-4H3,(H,24,28)/b7-5-,22-16-,25-18?. The van der Waals surface area contributed by atoms with Crippen LogP contribution >= 0.6 is 0 Å². The van der Waals surface area contributed by atoms with Crippen molar-refractivity contribution in [3.8, 4) is 0 Å². The highest BCUT2D eigenvalue weighted by Gasteiger charge is 2.28. The molecule has 0 radical (unpaired) electrons. The molecule has 1 heterocycles. The lowest BCUT2D eigenvalue weighted by Gasteiger charge is -2.29. The van der Waals surface area contributed by atoms with E-state index in [0.717, 1.165) is 57.5 Å². The molecule has 1 aliphatic heterocycles. The lowest BCUT2D eigenvalue weighted by molar-refractivity contribution is -0.125. The summed E-state index contributed by atoms with van der Waals surface area (Å²) in [6, 6.07) is 0. The molecule has 2 rings (SSSR count). The second-order valence-electron chi connectivity index (χ2n) is 7.81. The van der Waals surface area contributed by atoms with Crippen molar-refractivity contribution in [2.24, 2.45) is 16.8 Å². The molecule has 5 nitrogen and oxygen atoms in total. The van der Waals surface area contributed by atoms with Crippen molar-refractivity contribution in [3.05, 3.63) is 35.6 Å². The molecule has 0 aromatic heterocycles. The Kier molecular flexibility index (Phi) is 8.68. The zero-order valence-corrected chi connectivity index (χ0v) is 17.8. The number of hydrogen-bond acceptors (Lipinski definition) is 3. The first kappa shape index (κ1) is 22.1. The lowest BCUT2D eigenvalue weighted by Crippen LogP contribution is -2.31. The van der Waals surface area contributed by atoms with Crippen molar-refractivity contribution >= 4 is 17.5 Å². The van der Waals surface area contributed by atoms with Crippen LogP contribution < -0.4 is 5.32 Å². The summed E-state index contributed by atoms with van der Waals surface area (Å²) >= 11 is 0. The molecule has 2 aliphatic rings. The van der Waals surface area contributed by atoms with Crippen LogP contribution in [0.3, 0.4) is 0 Å². The van der Waals surface area contributed by atoms with Crippen LogP contribution in [0, 0.1) is 11.8 Å². The Labute approximate surface area is 169 Å². The number of rotatable bonds is 5. The first-order chi connectivity index (χ1) is 13.4. The number of aliphatic imine (C=N–C) groups is 1. The predicted octanol–water partition coefficient (Wildman–Crippen LogP) is 4.03. The van der Waals surface area contributed by atoms with Gasteiger partial charge in [0.1, 0.15) is 5.84 Å². The van der Waals surface area contributed by atoms with Crippen LogP contribution in [-0.4, -0.2) is 42.6 Å².